The van der Waals surface area contributed by atoms with E-state index in [2.05, 4.69) is 28.4 Å². The molecule has 2 fully saturated rings. The molecule has 0 bridgehead atoms. The van der Waals surface area contributed by atoms with Crippen LogP contribution in [0.4, 0.5) is 4.79 Å². The molecule has 0 unspecified atom stereocenters. The van der Waals surface area contributed by atoms with Crippen molar-refractivity contribution in [2.24, 2.45) is 13.0 Å². The second-order valence-corrected chi connectivity index (χ2v) is 7.39. The number of carbonyl (C=O) groups excluding carboxylic acids is 1. The third kappa shape index (κ3) is 4.50. The van der Waals surface area contributed by atoms with Gasteiger partial charge in [-0.15, -0.1) is 0 Å². The summed E-state index contributed by atoms with van der Waals surface area (Å²) in [5.74, 6) is 0.561. The number of aromatic nitrogens is 2. The van der Waals surface area contributed by atoms with Gasteiger partial charge in [0.1, 0.15) is 0 Å². The van der Waals surface area contributed by atoms with Crippen molar-refractivity contribution < 1.29 is 4.79 Å². The summed E-state index contributed by atoms with van der Waals surface area (Å²) in [7, 11) is 1.95. The molecule has 3 heterocycles. The molecular formula is C18H31N5O. The lowest BCUT2D eigenvalue weighted by Crippen LogP contribution is -2.48. The van der Waals surface area contributed by atoms with Crippen LogP contribution in [0.2, 0.25) is 0 Å². The molecule has 0 saturated carbocycles. The van der Waals surface area contributed by atoms with Gasteiger partial charge in [0.2, 0.25) is 0 Å². The quantitative estimate of drug-likeness (QED) is 0.895. The van der Waals surface area contributed by atoms with Gasteiger partial charge in [0.05, 0.1) is 6.20 Å². The largest absolute Gasteiger partial charge is 0.335 e. The number of piperidine rings is 1. The summed E-state index contributed by atoms with van der Waals surface area (Å²) in [5, 5.41) is 7.49. The SMILES string of the molecule is CCCN1CCC(NC(=O)N2CC[C@H](Cc3cnn(C)c3)C2)CC1. The van der Waals surface area contributed by atoms with E-state index >= 15 is 0 Å². The van der Waals surface area contributed by atoms with Crippen molar-refractivity contribution in [1.29, 1.82) is 0 Å². The van der Waals surface area contributed by atoms with E-state index < -0.39 is 0 Å². The van der Waals surface area contributed by atoms with E-state index in [1.165, 1.54) is 18.5 Å². The Kier molecular flexibility index (Phi) is 5.76. The number of aryl methyl sites for hydroxylation is 1. The number of nitrogens with one attached hydrogen (secondary N) is 1. The van der Waals surface area contributed by atoms with Crippen LogP contribution in [-0.2, 0) is 13.5 Å². The van der Waals surface area contributed by atoms with Crippen LogP contribution in [0.15, 0.2) is 12.4 Å². The lowest BCUT2D eigenvalue weighted by Gasteiger charge is -2.33. The highest BCUT2D eigenvalue weighted by Crippen LogP contribution is 2.21. The second-order valence-electron chi connectivity index (χ2n) is 7.39. The van der Waals surface area contributed by atoms with E-state index in [1.807, 2.05) is 22.8 Å². The molecule has 0 aliphatic carbocycles. The van der Waals surface area contributed by atoms with Crippen molar-refractivity contribution in [1.82, 2.24) is 24.9 Å². The molecular weight excluding hydrogens is 302 g/mol. The van der Waals surface area contributed by atoms with Crippen molar-refractivity contribution in [2.75, 3.05) is 32.7 Å². The maximum Gasteiger partial charge on any atom is 0.317 e. The van der Waals surface area contributed by atoms with E-state index in [9.17, 15) is 4.79 Å². The molecule has 2 saturated heterocycles. The maximum absolute atomic E-state index is 12.5. The van der Waals surface area contributed by atoms with Crippen LogP contribution < -0.4 is 5.32 Å². The monoisotopic (exact) mass is 333 g/mol. The van der Waals surface area contributed by atoms with Crippen molar-refractivity contribution in [3.05, 3.63) is 18.0 Å². The molecule has 0 spiro atoms. The lowest BCUT2D eigenvalue weighted by molar-refractivity contribution is 0.177. The summed E-state index contributed by atoms with van der Waals surface area (Å²) in [5.41, 5.74) is 1.27. The zero-order valence-corrected chi connectivity index (χ0v) is 15.1. The van der Waals surface area contributed by atoms with E-state index in [0.29, 0.717) is 12.0 Å². The molecule has 1 N–H and O–H groups in total. The highest BCUT2D eigenvalue weighted by Gasteiger charge is 2.28. The van der Waals surface area contributed by atoms with Crippen molar-refractivity contribution in [3.8, 4) is 0 Å². The first kappa shape index (κ1) is 17.3. The van der Waals surface area contributed by atoms with Gasteiger partial charge >= 0.3 is 6.03 Å². The summed E-state index contributed by atoms with van der Waals surface area (Å²) < 4.78 is 1.85. The highest BCUT2D eigenvalue weighted by atomic mass is 16.2. The van der Waals surface area contributed by atoms with Crippen LogP contribution in [0.5, 0.6) is 0 Å². The van der Waals surface area contributed by atoms with Crippen LogP contribution in [0.25, 0.3) is 0 Å². The number of amides is 2. The Hall–Kier alpha value is -1.56. The van der Waals surface area contributed by atoms with E-state index in [1.54, 1.807) is 0 Å². The zero-order chi connectivity index (χ0) is 16.9. The molecule has 1 aromatic heterocycles. The first-order valence-corrected chi connectivity index (χ1v) is 9.39. The van der Waals surface area contributed by atoms with Crippen molar-refractivity contribution >= 4 is 6.03 Å². The molecule has 1 aromatic rings. The normalized spacial score (nSPS) is 22.9. The number of carbonyl (C=O) groups is 1. The minimum Gasteiger partial charge on any atom is -0.335 e. The number of hydrogen-bond donors (Lipinski definition) is 1. The molecule has 3 rings (SSSR count). The molecule has 2 amide bonds. The predicted molar refractivity (Wildman–Crippen MR) is 94.9 cm³/mol. The van der Waals surface area contributed by atoms with Crippen molar-refractivity contribution in [3.63, 3.8) is 0 Å². The smallest absolute Gasteiger partial charge is 0.317 e. The first-order chi connectivity index (χ1) is 11.6. The average Bonchev–Trinajstić information content (AvgIpc) is 3.19. The fraction of sp³-hybridized carbons (Fsp3) is 0.778. The molecule has 134 valence electrons. The summed E-state index contributed by atoms with van der Waals surface area (Å²) in [4.78, 5) is 17.0. The summed E-state index contributed by atoms with van der Waals surface area (Å²) >= 11 is 0. The Morgan fingerprint density at radius 1 is 1.29 bits per heavy atom. The topological polar surface area (TPSA) is 53.4 Å². The van der Waals surface area contributed by atoms with Gasteiger partial charge in [-0.05, 0) is 50.1 Å². The van der Waals surface area contributed by atoms with E-state index in [4.69, 9.17) is 0 Å². The summed E-state index contributed by atoms with van der Waals surface area (Å²) in [6, 6.07) is 0.487. The third-order valence-corrected chi connectivity index (χ3v) is 5.31. The molecule has 2 aliphatic heterocycles. The number of urea groups is 1. The molecule has 24 heavy (non-hydrogen) atoms. The minimum atomic E-state index is 0.137. The number of likely N-dealkylation sites (tertiary alicyclic amines) is 2. The lowest BCUT2D eigenvalue weighted by atomic mass is 10.0. The predicted octanol–water partition coefficient (Wildman–Crippen LogP) is 1.87. The molecule has 2 aliphatic rings. The highest BCUT2D eigenvalue weighted by molar-refractivity contribution is 5.74. The second kappa shape index (κ2) is 8.01. The number of rotatable bonds is 5. The standard InChI is InChI=1S/C18H31N5O/c1-3-7-22-8-5-17(6-9-22)20-18(24)23-10-4-15(14-23)11-16-12-19-21(2)13-16/h12-13,15,17H,3-11,14H2,1-2H3,(H,20,24)/t15-/m1/s1. The summed E-state index contributed by atoms with van der Waals surface area (Å²) in [6.45, 7) is 7.39. The van der Waals surface area contributed by atoms with Gasteiger partial charge in [0.15, 0.2) is 0 Å². The molecule has 0 aromatic carbocycles. The van der Waals surface area contributed by atoms with Crippen LogP contribution in [-0.4, -0.2) is 64.4 Å². The van der Waals surface area contributed by atoms with Crippen LogP contribution in [0.1, 0.15) is 38.2 Å². The number of nitrogens with zero attached hydrogens (tertiary/aromatic N) is 4. The Balaban J connectivity index is 1.40. The molecule has 6 nitrogen and oxygen atoms in total. The van der Waals surface area contributed by atoms with Gasteiger partial charge in [-0.2, -0.15) is 5.10 Å². The van der Waals surface area contributed by atoms with Gasteiger partial charge in [0.25, 0.3) is 0 Å². The zero-order valence-electron chi connectivity index (χ0n) is 15.1. The molecule has 0 radical (unpaired) electrons. The van der Waals surface area contributed by atoms with Gasteiger partial charge < -0.3 is 15.1 Å². The Morgan fingerprint density at radius 2 is 2.08 bits per heavy atom. The average molecular weight is 333 g/mol. The first-order valence-electron chi connectivity index (χ1n) is 9.39. The Morgan fingerprint density at radius 3 is 2.75 bits per heavy atom. The fourth-order valence-electron chi connectivity index (χ4n) is 3.98. The Bertz CT molecular complexity index is 535. The van der Waals surface area contributed by atoms with Crippen LogP contribution >= 0.6 is 0 Å². The fourth-order valence-corrected chi connectivity index (χ4v) is 3.98. The minimum absolute atomic E-state index is 0.137. The van der Waals surface area contributed by atoms with Crippen molar-refractivity contribution in [2.45, 2.75) is 45.1 Å². The third-order valence-electron chi connectivity index (χ3n) is 5.31. The van der Waals surface area contributed by atoms with E-state index in [-0.39, 0.29) is 6.03 Å². The van der Waals surface area contributed by atoms with E-state index in [0.717, 1.165) is 51.9 Å². The number of hydrogen-bond acceptors (Lipinski definition) is 3. The van der Waals surface area contributed by atoms with Gasteiger partial charge in [0, 0.05) is 45.5 Å². The summed E-state index contributed by atoms with van der Waals surface area (Å²) in [6.07, 6.45) is 9.50. The molecule has 1 atom stereocenters. The van der Waals surface area contributed by atoms with Gasteiger partial charge in [-0.25, -0.2) is 4.79 Å². The maximum atomic E-state index is 12.5. The van der Waals surface area contributed by atoms with Crippen LogP contribution in [0, 0.1) is 5.92 Å². The van der Waals surface area contributed by atoms with Crippen LogP contribution in [0.3, 0.4) is 0 Å². The van der Waals surface area contributed by atoms with Gasteiger partial charge in [-0.1, -0.05) is 6.92 Å². The molecule has 6 heteroatoms. The van der Waals surface area contributed by atoms with Gasteiger partial charge in [-0.3, -0.25) is 4.68 Å². The Labute approximate surface area is 145 Å².